The van der Waals surface area contributed by atoms with Gasteiger partial charge in [0.1, 0.15) is 0 Å². The van der Waals surface area contributed by atoms with Crippen molar-refractivity contribution in [3.8, 4) is 0 Å². The molecule has 0 bridgehead atoms. The summed E-state index contributed by atoms with van der Waals surface area (Å²) in [5.41, 5.74) is 1.05. The summed E-state index contributed by atoms with van der Waals surface area (Å²) in [5, 5.41) is 1.97. The van der Waals surface area contributed by atoms with E-state index in [1.165, 1.54) is 0 Å². The summed E-state index contributed by atoms with van der Waals surface area (Å²) < 4.78 is 41.7. The van der Waals surface area contributed by atoms with Crippen molar-refractivity contribution >= 4 is 11.8 Å². The third-order valence-electron chi connectivity index (χ3n) is 3.86. The highest BCUT2D eigenvalue weighted by molar-refractivity contribution is 5.88. The maximum Gasteiger partial charge on any atom is 0.471 e. The van der Waals surface area contributed by atoms with Gasteiger partial charge in [0.05, 0.1) is 13.2 Å². The summed E-state index contributed by atoms with van der Waals surface area (Å²) in [5.74, 6) is -2.03. The first-order chi connectivity index (χ1) is 10.4. The van der Waals surface area contributed by atoms with Crippen molar-refractivity contribution in [2.45, 2.75) is 37.9 Å². The molecule has 0 spiro atoms. The number of carbonyl (C=O) groups is 2. The van der Waals surface area contributed by atoms with Crippen LogP contribution in [0.1, 0.15) is 25.7 Å². The maximum atomic E-state index is 12.2. The van der Waals surface area contributed by atoms with Gasteiger partial charge in [-0.1, -0.05) is 5.57 Å². The Labute approximate surface area is 126 Å². The molecule has 0 aliphatic carbocycles. The van der Waals surface area contributed by atoms with E-state index >= 15 is 0 Å². The molecule has 8 heteroatoms. The van der Waals surface area contributed by atoms with Gasteiger partial charge in [-0.05, 0) is 25.7 Å². The van der Waals surface area contributed by atoms with Crippen molar-refractivity contribution in [3.63, 3.8) is 0 Å². The zero-order valence-corrected chi connectivity index (χ0v) is 12.1. The van der Waals surface area contributed by atoms with E-state index in [0.29, 0.717) is 39.1 Å². The van der Waals surface area contributed by atoms with Crippen molar-refractivity contribution in [2.75, 3.05) is 26.3 Å². The molecule has 2 saturated heterocycles. The molecule has 0 aromatic carbocycles. The van der Waals surface area contributed by atoms with E-state index in [2.05, 4.69) is 0 Å². The molecule has 1 N–H and O–H groups in total. The van der Waals surface area contributed by atoms with Gasteiger partial charge in [0.2, 0.25) is 5.91 Å². The Morgan fingerprint density at radius 2 is 1.77 bits per heavy atom. The molecule has 0 aromatic rings. The molecule has 2 rings (SSSR count). The lowest BCUT2D eigenvalue weighted by molar-refractivity contribution is -0.174. The molecule has 0 saturated carbocycles. The number of hydrogen-bond acceptors (Lipinski definition) is 3. The molecule has 0 atom stereocenters. The Morgan fingerprint density at radius 1 is 1.18 bits per heavy atom. The van der Waals surface area contributed by atoms with E-state index < -0.39 is 18.1 Å². The van der Waals surface area contributed by atoms with Gasteiger partial charge in [0.25, 0.3) is 0 Å². The van der Waals surface area contributed by atoms with Crippen LogP contribution in [0.2, 0.25) is 0 Å². The first kappa shape index (κ1) is 16.8. The highest BCUT2D eigenvalue weighted by atomic mass is 19.4. The van der Waals surface area contributed by atoms with Crippen LogP contribution in [-0.2, 0) is 14.3 Å². The minimum atomic E-state index is -4.86. The van der Waals surface area contributed by atoms with Crippen molar-refractivity contribution in [1.29, 1.82) is 0 Å². The molecule has 2 fully saturated rings. The molecule has 0 unspecified atom stereocenters. The maximum absolute atomic E-state index is 12.2. The lowest BCUT2D eigenvalue weighted by atomic mass is 10.0. The van der Waals surface area contributed by atoms with Crippen LogP contribution in [0.5, 0.6) is 0 Å². The normalized spacial score (nSPS) is 20.7. The van der Waals surface area contributed by atoms with Crippen LogP contribution in [0.3, 0.4) is 0 Å². The number of nitrogens with one attached hydrogen (secondary N) is 1. The van der Waals surface area contributed by atoms with Crippen LogP contribution in [0.15, 0.2) is 11.6 Å². The minimum Gasteiger partial charge on any atom is -0.381 e. The van der Waals surface area contributed by atoms with Gasteiger partial charge in [0.15, 0.2) is 0 Å². The molecule has 22 heavy (non-hydrogen) atoms. The van der Waals surface area contributed by atoms with E-state index in [9.17, 15) is 22.8 Å². The number of piperidine rings is 1. The molecule has 2 aliphatic rings. The van der Waals surface area contributed by atoms with Crippen LogP contribution >= 0.6 is 0 Å². The molecule has 2 amide bonds. The second-order valence-corrected chi connectivity index (χ2v) is 5.49. The van der Waals surface area contributed by atoms with Gasteiger partial charge in [-0.25, -0.2) is 0 Å². The first-order valence-corrected chi connectivity index (χ1v) is 7.30. The number of likely N-dealkylation sites (tertiary alicyclic amines) is 1. The van der Waals surface area contributed by atoms with Gasteiger partial charge in [-0.15, -0.1) is 0 Å². The highest BCUT2D eigenvalue weighted by Gasteiger charge is 2.40. The van der Waals surface area contributed by atoms with Gasteiger partial charge in [0, 0.05) is 25.2 Å². The standard InChI is InChI=1S/C14H19F3N2O3/c15-14(16,17)13(21)18-11-1-5-19(6-2-11)12(20)9-10-3-7-22-8-4-10/h9,11H,1-8H2,(H,18,21). The largest absolute Gasteiger partial charge is 0.471 e. The average molecular weight is 320 g/mol. The molecule has 2 aliphatic heterocycles. The summed E-state index contributed by atoms with van der Waals surface area (Å²) in [6.45, 7) is 1.93. The summed E-state index contributed by atoms with van der Waals surface area (Å²) in [7, 11) is 0. The van der Waals surface area contributed by atoms with E-state index in [-0.39, 0.29) is 5.91 Å². The molecule has 0 radical (unpaired) electrons. The number of hydrogen-bond donors (Lipinski definition) is 1. The van der Waals surface area contributed by atoms with Crippen molar-refractivity contribution < 1.29 is 27.5 Å². The van der Waals surface area contributed by atoms with Crippen LogP contribution < -0.4 is 5.32 Å². The number of amides is 2. The SMILES string of the molecule is O=C(C=C1CCOCC1)N1CCC(NC(=O)C(F)(F)F)CC1. The topological polar surface area (TPSA) is 58.6 Å². The van der Waals surface area contributed by atoms with Crippen LogP contribution in [-0.4, -0.2) is 55.2 Å². The molecule has 5 nitrogen and oxygen atoms in total. The molecule has 0 aromatic heterocycles. The fraction of sp³-hybridized carbons (Fsp3) is 0.714. The quantitative estimate of drug-likeness (QED) is 0.782. The predicted octanol–water partition coefficient (Wildman–Crippen LogP) is 1.39. The molecular formula is C14H19F3N2O3. The fourth-order valence-electron chi connectivity index (χ4n) is 2.56. The summed E-state index contributed by atoms with van der Waals surface area (Å²) in [6.07, 6.45) is -1.11. The number of nitrogens with zero attached hydrogens (tertiary/aromatic N) is 1. The first-order valence-electron chi connectivity index (χ1n) is 7.30. The van der Waals surface area contributed by atoms with Crippen molar-refractivity contribution in [2.24, 2.45) is 0 Å². The monoisotopic (exact) mass is 320 g/mol. The number of rotatable bonds is 2. The number of halogens is 3. The molecule has 124 valence electrons. The van der Waals surface area contributed by atoms with Crippen LogP contribution in [0.4, 0.5) is 13.2 Å². The third kappa shape index (κ3) is 4.72. The smallest absolute Gasteiger partial charge is 0.381 e. The Balaban J connectivity index is 1.79. The summed E-state index contributed by atoms with van der Waals surface area (Å²) >= 11 is 0. The fourth-order valence-corrected chi connectivity index (χ4v) is 2.56. The molecule has 2 heterocycles. The Bertz CT molecular complexity index is 447. The van der Waals surface area contributed by atoms with Gasteiger partial charge >= 0.3 is 12.1 Å². The van der Waals surface area contributed by atoms with E-state index in [4.69, 9.17) is 4.74 Å². The Hall–Kier alpha value is -1.57. The van der Waals surface area contributed by atoms with E-state index in [1.54, 1.807) is 11.0 Å². The lowest BCUT2D eigenvalue weighted by Crippen LogP contribution is -2.49. The predicted molar refractivity (Wildman–Crippen MR) is 71.9 cm³/mol. The second-order valence-electron chi connectivity index (χ2n) is 5.49. The van der Waals surface area contributed by atoms with E-state index in [1.807, 2.05) is 5.32 Å². The van der Waals surface area contributed by atoms with Crippen molar-refractivity contribution in [3.05, 3.63) is 11.6 Å². The van der Waals surface area contributed by atoms with Crippen molar-refractivity contribution in [1.82, 2.24) is 10.2 Å². The van der Waals surface area contributed by atoms with Gasteiger partial charge in [-0.2, -0.15) is 13.2 Å². The van der Waals surface area contributed by atoms with Gasteiger partial charge in [-0.3, -0.25) is 9.59 Å². The zero-order chi connectivity index (χ0) is 16.2. The van der Waals surface area contributed by atoms with E-state index in [0.717, 1.165) is 18.4 Å². The number of carbonyl (C=O) groups excluding carboxylic acids is 2. The van der Waals surface area contributed by atoms with Crippen LogP contribution in [0, 0.1) is 0 Å². The highest BCUT2D eigenvalue weighted by Crippen LogP contribution is 2.18. The number of alkyl halides is 3. The molecular weight excluding hydrogens is 301 g/mol. The third-order valence-corrected chi connectivity index (χ3v) is 3.86. The Kier molecular flexibility index (Phi) is 5.44. The average Bonchev–Trinajstić information content (AvgIpc) is 2.48. The van der Waals surface area contributed by atoms with Crippen LogP contribution in [0.25, 0.3) is 0 Å². The lowest BCUT2D eigenvalue weighted by Gasteiger charge is -2.32. The number of ether oxygens (including phenoxy) is 1. The minimum absolute atomic E-state index is 0.113. The summed E-state index contributed by atoms with van der Waals surface area (Å²) in [4.78, 5) is 24.6. The van der Waals surface area contributed by atoms with Gasteiger partial charge < -0.3 is 15.0 Å². The summed E-state index contributed by atoms with van der Waals surface area (Å²) in [6, 6.07) is -0.533. The zero-order valence-electron chi connectivity index (χ0n) is 12.1. The Morgan fingerprint density at radius 3 is 2.32 bits per heavy atom. The second kappa shape index (κ2) is 7.13.